The fourth-order valence-corrected chi connectivity index (χ4v) is 3.68. The van der Waals surface area contributed by atoms with Crippen molar-refractivity contribution in [3.05, 3.63) is 39.8 Å². The van der Waals surface area contributed by atoms with Crippen molar-refractivity contribution in [1.82, 2.24) is 15.1 Å². The minimum absolute atomic E-state index is 0.579. The molecule has 0 aliphatic heterocycles. The third-order valence-electron chi connectivity index (χ3n) is 3.96. The second kappa shape index (κ2) is 6.10. The van der Waals surface area contributed by atoms with Gasteiger partial charge in [0.2, 0.25) is 0 Å². The van der Waals surface area contributed by atoms with Crippen molar-refractivity contribution in [2.75, 3.05) is 6.54 Å². The molecular formula is C16H23N3S. The van der Waals surface area contributed by atoms with Gasteiger partial charge in [-0.05, 0) is 63.1 Å². The molecule has 2 aromatic heterocycles. The monoisotopic (exact) mass is 289 g/mol. The molecule has 1 aliphatic carbocycles. The summed E-state index contributed by atoms with van der Waals surface area (Å²) in [6.45, 7) is 6.26. The third kappa shape index (κ3) is 3.30. The first-order chi connectivity index (χ1) is 9.74. The molecule has 1 aliphatic rings. The van der Waals surface area contributed by atoms with E-state index in [1.807, 2.05) is 11.3 Å². The molecule has 0 spiro atoms. The molecule has 3 nitrogen and oxygen atoms in total. The van der Waals surface area contributed by atoms with Gasteiger partial charge in [0.05, 0.1) is 5.69 Å². The minimum atomic E-state index is 0.579. The Morgan fingerprint density at radius 1 is 1.45 bits per heavy atom. The van der Waals surface area contributed by atoms with Crippen molar-refractivity contribution in [2.45, 2.75) is 45.7 Å². The Balaban J connectivity index is 1.48. The van der Waals surface area contributed by atoms with Gasteiger partial charge in [0.25, 0.3) is 0 Å². The molecule has 1 atom stereocenters. The summed E-state index contributed by atoms with van der Waals surface area (Å²) in [5, 5.41) is 10.4. The molecule has 2 aromatic rings. The summed E-state index contributed by atoms with van der Waals surface area (Å²) in [4.78, 5) is 1.50. The van der Waals surface area contributed by atoms with Crippen LogP contribution in [0.15, 0.2) is 23.6 Å². The highest BCUT2D eigenvalue weighted by Gasteiger charge is 2.32. The fraction of sp³-hybridized carbons (Fsp3) is 0.562. The maximum Gasteiger partial charge on any atom is 0.0596 e. The molecule has 0 bridgehead atoms. The Morgan fingerprint density at radius 2 is 2.30 bits per heavy atom. The predicted molar refractivity (Wildman–Crippen MR) is 84.1 cm³/mol. The summed E-state index contributed by atoms with van der Waals surface area (Å²) in [5.41, 5.74) is 2.38. The molecule has 1 unspecified atom stereocenters. The second-order valence-corrected chi connectivity index (χ2v) is 6.77. The van der Waals surface area contributed by atoms with Crippen LogP contribution < -0.4 is 5.32 Å². The first kappa shape index (κ1) is 13.8. The molecule has 0 radical (unpaired) electrons. The molecule has 1 N–H and O–H groups in total. The van der Waals surface area contributed by atoms with Crippen molar-refractivity contribution in [2.24, 2.45) is 5.92 Å². The van der Waals surface area contributed by atoms with Crippen molar-refractivity contribution in [1.29, 1.82) is 0 Å². The lowest BCUT2D eigenvalue weighted by molar-refractivity contribution is 0.456. The number of nitrogens with one attached hydrogen (secondary N) is 1. The zero-order valence-corrected chi connectivity index (χ0v) is 13.1. The standard InChI is InChI=1S/C16H23N3S/c1-12-11-13(2)19(18-12)9-4-8-17-16(14-6-7-14)15-5-3-10-20-15/h3,5,10-11,14,16-17H,4,6-9H2,1-2H3. The smallest absolute Gasteiger partial charge is 0.0596 e. The van der Waals surface area contributed by atoms with E-state index in [0.717, 1.165) is 31.1 Å². The van der Waals surface area contributed by atoms with Crippen LogP contribution in [0.2, 0.25) is 0 Å². The molecule has 0 saturated heterocycles. The van der Waals surface area contributed by atoms with E-state index in [4.69, 9.17) is 0 Å². The molecule has 3 rings (SSSR count). The number of thiophene rings is 1. The first-order valence-corrected chi connectivity index (χ1v) is 8.40. The van der Waals surface area contributed by atoms with Crippen LogP contribution in [0.5, 0.6) is 0 Å². The lowest BCUT2D eigenvalue weighted by atomic mass is 10.1. The van der Waals surface area contributed by atoms with Gasteiger partial charge in [-0.25, -0.2) is 0 Å². The maximum atomic E-state index is 4.52. The van der Waals surface area contributed by atoms with Crippen LogP contribution in [-0.4, -0.2) is 16.3 Å². The topological polar surface area (TPSA) is 29.9 Å². The fourth-order valence-electron chi connectivity index (χ4n) is 2.79. The largest absolute Gasteiger partial charge is 0.309 e. The second-order valence-electron chi connectivity index (χ2n) is 5.79. The Bertz CT molecular complexity index is 540. The normalized spacial score (nSPS) is 16.5. The molecule has 0 aromatic carbocycles. The molecule has 20 heavy (non-hydrogen) atoms. The van der Waals surface area contributed by atoms with Gasteiger partial charge in [0.15, 0.2) is 0 Å². The lowest BCUT2D eigenvalue weighted by Crippen LogP contribution is -2.24. The third-order valence-corrected chi connectivity index (χ3v) is 4.91. The summed E-state index contributed by atoms with van der Waals surface area (Å²) in [7, 11) is 0. The molecule has 108 valence electrons. The Labute approximate surface area is 125 Å². The van der Waals surface area contributed by atoms with Crippen LogP contribution in [0.3, 0.4) is 0 Å². The van der Waals surface area contributed by atoms with E-state index in [1.165, 1.54) is 23.4 Å². The van der Waals surface area contributed by atoms with Gasteiger partial charge in [0, 0.05) is 23.2 Å². The Kier molecular flexibility index (Phi) is 4.22. The van der Waals surface area contributed by atoms with Gasteiger partial charge >= 0.3 is 0 Å². The number of hydrogen-bond donors (Lipinski definition) is 1. The highest BCUT2D eigenvalue weighted by molar-refractivity contribution is 7.10. The van der Waals surface area contributed by atoms with Crippen molar-refractivity contribution in [3.8, 4) is 0 Å². The van der Waals surface area contributed by atoms with Crippen molar-refractivity contribution in [3.63, 3.8) is 0 Å². The molecule has 4 heteroatoms. The summed E-state index contributed by atoms with van der Waals surface area (Å²) in [5.74, 6) is 0.863. The molecule has 1 fully saturated rings. The number of rotatable bonds is 7. The quantitative estimate of drug-likeness (QED) is 0.788. The van der Waals surface area contributed by atoms with Gasteiger partial charge in [-0.1, -0.05) is 6.07 Å². The summed E-state index contributed by atoms with van der Waals surface area (Å²) in [6.07, 6.45) is 3.90. The van der Waals surface area contributed by atoms with Crippen molar-refractivity contribution < 1.29 is 0 Å². The summed E-state index contributed by atoms with van der Waals surface area (Å²) in [6, 6.07) is 7.15. The van der Waals surface area contributed by atoms with E-state index in [9.17, 15) is 0 Å². The first-order valence-electron chi connectivity index (χ1n) is 7.52. The van der Waals surface area contributed by atoms with Crippen molar-refractivity contribution >= 4 is 11.3 Å². The van der Waals surface area contributed by atoms with Crippen LogP contribution >= 0.6 is 11.3 Å². The minimum Gasteiger partial charge on any atom is -0.309 e. The van der Waals surface area contributed by atoms with Gasteiger partial charge < -0.3 is 5.32 Å². The number of aromatic nitrogens is 2. The maximum absolute atomic E-state index is 4.52. The van der Waals surface area contributed by atoms with E-state index in [2.05, 4.69) is 52.5 Å². The zero-order chi connectivity index (χ0) is 13.9. The van der Waals surface area contributed by atoms with Gasteiger partial charge in [-0.2, -0.15) is 5.10 Å². The molecule has 2 heterocycles. The average Bonchev–Trinajstić information content (AvgIpc) is 3.00. The number of nitrogens with zero attached hydrogens (tertiary/aromatic N) is 2. The lowest BCUT2D eigenvalue weighted by Gasteiger charge is -2.17. The van der Waals surface area contributed by atoms with E-state index in [-0.39, 0.29) is 0 Å². The van der Waals surface area contributed by atoms with E-state index < -0.39 is 0 Å². The summed E-state index contributed by atoms with van der Waals surface area (Å²) < 4.78 is 2.12. The molecule has 0 amide bonds. The average molecular weight is 289 g/mol. The van der Waals surface area contributed by atoms with Crippen LogP contribution in [0.4, 0.5) is 0 Å². The van der Waals surface area contributed by atoms with Crippen LogP contribution in [0.25, 0.3) is 0 Å². The number of hydrogen-bond acceptors (Lipinski definition) is 3. The molecular weight excluding hydrogens is 266 g/mol. The summed E-state index contributed by atoms with van der Waals surface area (Å²) >= 11 is 1.88. The predicted octanol–water partition coefficient (Wildman–Crippen LogP) is 3.69. The number of aryl methyl sites for hydroxylation is 3. The highest BCUT2D eigenvalue weighted by Crippen LogP contribution is 2.42. The van der Waals surface area contributed by atoms with E-state index in [0.29, 0.717) is 6.04 Å². The van der Waals surface area contributed by atoms with E-state index >= 15 is 0 Å². The van der Waals surface area contributed by atoms with Gasteiger partial charge in [-0.15, -0.1) is 11.3 Å². The van der Waals surface area contributed by atoms with Crippen LogP contribution in [0, 0.1) is 19.8 Å². The van der Waals surface area contributed by atoms with E-state index in [1.54, 1.807) is 0 Å². The molecule has 1 saturated carbocycles. The zero-order valence-electron chi connectivity index (χ0n) is 12.3. The Hall–Kier alpha value is -1.13. The van der Waals surface area contributed by atoms with Gasteiger partial charge in [-0.3, -0.25) is 4.68 Å². The van der Waals surface area contributed by atoms with Crippen LogP contribution in [0.1, 0.15) is 41.6 Å². The van der Waals surface area contributed by atoms with Gasteiger partial charge in [0.1, 0.15) is 0 Å². The van der Waals surface area contributed by atoms with Crippen LogP contribution in [-0.2, 0) is 6.54 Å². The highest BCUT2D eigenvalue weighted by atomic mass is 32.1. The Morgan fingerprint density at radius 3 is 2.90 bits per heavy atom. The SMILES string of the molecule is Cc1cc(C)n(CCCNC(c2cccs2)C2CC2)n1.